The summed E-state index contributed by atoms with van der Waals surface area (Å²) in [4.78, 5) is 14.1. The molecule has 0 spiro atoms. The van der Waals surface area contributed by atoms with Crippen LogP contribution in [-0.2, 0) is 11.2 Å². The Morgan fingerprint density at radius 2 is 1.92 bits per heavy atom. The number of rotatable bonds is 6. The molecule has 4 heteroatoms. The summed E-state index contributed by atoms with van der Waals surface area (Å²) in [6, 6.07) is 14.0. The standard InChI is InChI=1S/C22H28N2OS/c1-15-9-10-26-22(15)20(13-16-5-3-2-4-6-16)24-21(25)14-17-11-18-7-8-19(12-17)23-18/h2-6,9-10,17-20,23H,7-8,11-14H2,1H3,(H,24,25). The molecule has 1 aromatic carbocycles. The van der Waals surface area contributed by atoms with Gasteiger partial charge in [0.25, 0.3) is 0 Å². The van der Waals surface area contributed by atoms with Gasteiger partial charge >= 0.3 is 0 Å². The summed E-state index contributed by atoms with van der Waals surface area (Å²) in [6.45, 7) is 2.14. The lowest BCUT2D eigenvalue weighted by molar-refractivity contribution is -0.123. The average Bonchev–Trinajstić information content (AvgIpc) is 3.20. The van der Waals surface area contributed by atoms with E-state index < -0.39 is 0 Å². The van der Waals surface area contributed by atoms with Crippen molar-refractivity contribution in [2.75, 3.05) is 0 Å². The number of amides is 1. The van der Waals surface area contributed by atoms with E-state index in [2.05, 4.69) is 53.3 Å². The Bertz CT molecular complexity index is 730. The topological polar surface area (TPSA) is 41.1 Å². The smallest absolute Gasteiger partial charge is 0.220 e. The molecule has 2 N–H and O–H groups in total. The Morgan fingerprint density at radius 1 is 1.19 bits per heavy atom. The zero-order valence-corrected chi connectivity index (χ0v) is 16.2. The summed E-state index contributed by atoms with van der Waals surface area (Å²) in [7, 11) is 0. The molecule has 4 rings (SSSR count). The maximum Gasteiger partial charge on any atom is 0.220 e. The second-order valence-corrected chi connectivity index (χ2v) is 8.90. The third kappa shape index (κ3) is 4.18. The van der Waals surface area contributed by atoms with Crippen molar-refractivity contribution in [1.82, 2.24) is 10.6 Å². The largest absolute Gasteiger partial charge is 0.348 e. The fraction of sp³-hybridized carbons (Fsp3) is 0.500. The van der Waals surface area contributed by atoms with Crippen LogP contribution in [0.5, 0.6) is 0 Å². The minimum atomic E-state index is 0.0725. The second-order valence-electron chi connectivity index (χ2n) is 7.96. The summed E-state index contributed by atoms with van der Waals surface area (Å²) in [6.07, 6.45) is 6.41. The number of hydrogen-bond acceptors (Lipinski definition) is 3. The molecule has 3 unspecified atom stereocenters. The molecular weight excluding hydrogens is 340 g/mol. The molecule has 3 atom stereocenters. The molecule has 1 aromatic heterocycles. The van der Waals surface area contributed by atoms with Crippen LogP contribution in [0.15, 0.2) is 41.8 Å². The van der Waals surface area contributed by atoms with Gasteiger partial charge in [0.05, 0.1) is 6.04 Å². The van der Waals surface area contributed by atoms with Crippen molar-refractivity contribution in [1.29, 1.82) is 0 Å². The van der Waals surface area contributed by atoms with Crippen molar-refractivity contribution in [3.8, 4) is 0 Å². The van der Waals surface area contributed by atoms with Gasteiger partial charge < -0.3 is 10.6 Å². The third-order valence-electron chi connectivity index (χ3n) is 5.88. The third-order valence-corrected chi connectivity index (χ3v) is 7.01. The van der Waals surface area contributed by atoms with E-state index in [0.29, 0.717) is 24.4 Å². The van der Waals surface area contributed by atoms with E-state index in [4.69, 9.17) is 0 Å². The molecular formula is C22H28N2OS. The molecule has 0 aliphatic carbocycles. The lowest BCUT2D eigenvalue weighted by Crippen LogP contribution is -2.40. The molecule has 1 amide bonds. The van der Waals surface area contributed by atoms with Gasteiger partial charge in [-0.1, -0.05) is 30.3 Å². The predicted octanol–water partition coefficient (Wildman–Crippen LogP) is 4.38. The first kappa shape index (κ1) is 17.7. The van der Waals surface area contributed by atoms with Gasteiger partial charge in [0.15, 0.2) is 0 Å². The molecule has 3 heterocycles. The van der Waals surface area contributed by atoms with Gasteiger partial charge in [-0.2, -0.15) is 0 Å². The molecule has 26 heavy (non-hydrogen) atoms. The van der Waals surface area contributed by atoms with E-state index in [1.807, 2.05) is 6.07 Å². The predicted molar refractivity (Wildman–Crippen MR) is 107 cm³/mol. The highest BCUT2D eigenvalue weighted by Crippen LogP contribution is 2.33. The van der Waals surface area contributed by atoms with Gasteiger partial charge in [0.2, 0.25) is 5.91 Å². The first-order valence-electron chi connectivity index (χ1n) is 9.80. The Labute approximate surface area is 160 Å². The normalized spacial score (nSPS) is 25.8. The van der Waals surface area contributed by atoms with Crippen LogP contribution in [0.1, 0.15) is 54.1 Å². The van der Waals surface area contributed by atoms with E-state index in [1.165, 1.54) is 28.8 Å². The van der Waals surface area contributed by atoms with Gasteiger partial charge in [-0.15, -0.1) is 11.3 Å². The fourth-order valence-corrected chi connectivity index (χ4v) is 5.64. The quantitative estimate of drug-likeness (QED) is 0.794. The van der Waals surface area contributed by atoms with Crippen molar-refractivity contribution >= 4 is 17.2 Å². The van der Waals surface area contributed by atoms with Crippen LogP contribution >= 0.6 is 11.3 Å². The maximum absolute atomic E-state index is 12.8. The van der Waals surface area contributed by atoms with Gasteiger partial charge in [0, 0.05) is 23.4 Å². The van der Waals surface area contributed by atoms with E-state index in [0.717, 1.165) is 19.3 Å². The summed E-state index contributed by atoms with van der Waals surface area (Å²) >= 11 is 1.75. The van der Waals surface area contributed by atoms with E-state index in [-0.39, 0.29) is 11.9 Å². The number of nitrogens with one attached hydrogen (secondary N) is 2. The number of hydrogen-bond donors (Lipinski definition) is 2. The average molecular weight is 369 g/mol. The number of benzene rings is 1. The monoisotopic (exact) mass is 368 g/mol. The SMILES string of the molecule is Cc1ccsc1C(Cc1ccccc1)NC(=O)CC1CC2CCC(C1)N2. The number of piperidine rings is 1. The molecule has 2 saturated heterocycles. The zero-order chi connectivity index (χ0) is 17.9. The number of fused-ring (bicyclic) bond motifs is 2. The van der Waals surface area contributed by atoms with Crippen molar-refractivity contribution in [3.05, 3.63) is 57.8 Å². The van der Waals surface area contributed by atoms with Gasteiger partial charge in [0.1, 0.15) is 0 Å². The van der Waals surface area contributed by atoms with Gasteiger partial charge in [-0.3, -0.25) is 4.79 Å². The first-order valence-corrected chi connectivity index (χ1v) is 10.7. The molecule has 2 bridgehead atoms. The van der Waals surface area contributed by atoms with Gasteiger partial charge in [-0.05, 0) is 67.5 Å². The number of carbonyl (C=O) groups excluding carboxylic acids is 1. The molecule has 3 nitrogen and oxygen atoms in total. The van der Waals surface area contributed by atoms with Crippen molar-refractivity contribution < 1.29 is 4.79 Å². The molecule has 2 aromatic rings. The molecule has 2 fully saturated rings. The highest BCUT2D eigenvalue weighted by Gasteiger charge is 2.34. The number of carbonyl (C=O) groups is 1. The highest BCUT2D eigenvalue weighted by molar-refractivity contribution is 7.10. The van der Waals surface area contributed by atoms with Crippen LogP contribution in [0, 0.1) is 12.8 Å². The Morgan fingerprint density at radius 3 is 2.58 bits per heavy atom. The first-order chi connectivity index (χ1) is 12.7. The van der Waals surface area contributed by atoms with E-state index >= 15 is 0 Å². The fourth-order valence-electron chi connectivity index (χ4n) is 4.66. The lowest BCUT2D eigenvalue weighted by atomic mass is 9.89. The van der Waals surface area contributed by atoms with Crippen LogP contribution in [0.2, 0.25) is 0 Å². The Hall–Kier alpha value is -1.65. The van der Waals surface area contributed by atoms with Crippen molar-refractivity contribution in [2.45, 2.75) is 63.6 Å². The van der Waals surface area contributed by atoms with Crippen LogP contribution in [0.25, 0.3) is 0 Å². The number of thiophene rings is 1. The van der Waals surface area contributed by atoms with Crippen LogP contribution in [-0.4, -0.2) is 18.0 Å². The molecule has 2 aliphatic rings. The second kappa shape index (κ2) is 7.93. The summed E-state index contributed by atoms with van der Waals surface area (Å²) in [5, 5.41) is 9.15. The zero-order valence-electron chi connectivity index (χ0n) is 15.4. The van der Waals surface area contributed by atoms with E-state index in [1.54, 1.807) is 11.3 Å². The molecule has 0 radical (unpaired) electrons. The summed E-state index contributed by atoms with van der Waals surface area (Å²) < 4.78 is 0. The Balaban J connectivity index is 1.42. The molecule has 138 valence electrons. The van der Waals surface area contributed by atoms with E-state index in [9.17, 15) is 4.79 Å². The maximum atomic E-state index is 12.8. The van der Waals surface area contributed by atoms with Crippen molar-refractivity contribution in [3.63, 3.8) is 0 Å². The van der Waals surface area contributed by atoms with Gasteiger partial charge in [-0.25, -0.2) is 0 Å². The Kier molecular flexibility index (Phi) is 5.41. The molecule has 2 aliphatic heterocycles. The highest BCUT2D eigenvalue weighted by atomic mass is 32.1. The van der Waals surface area contributed by atoms with Crippen LogP contribution < -0.4 is 10.6 Å². The van der Waals surface area contributed by atoms with Crippen LogP contribution in [0.4, 0.5) is 0 Å². The summed E-state index contributed by atoms with van der Waals surface area (Å²) in [5.41, 5.74) is 2.54. The van der Waals surface area contributed by atoms with Crippen LogP contribution in [0.3, 0.4) is 0 Å². The summed E-state index contributed by atoms with van der Waals surface area (Å²) in [5.74, 6) is 0.751. The number of aryl methyl sites for hydroxylation is 1. The minimum absolute atomic E-state index is 0.0725. The molecule has 0 saturated carbocycles. The minimum Gasteiger partial charge on any atom is -0.348 e. The lowest BCUT2D eigenvalue weighted by Gasteiger charge is -2.29. The van der Waals surface area contributed by atoms with Crippen molar-refractivity contribution in [2.24, 2.45) is 5.92 Å².